The number of piperidine rings is 1. The van der Waals surface area contributed by atoms with E-state index in [2.05, 4.69) is 53.6 Å². The maximum Gasteiger partial charge on any atom is 0.337 e. The third-order valence-corrected chi connectivity index (χ3v) is 5.65. The number of carbonyl (C=O) groups is 1. The Kier molecular flexibility index (Phi) is 7.09. The van der Waals surface area contributed by atoms with Crippen molar-refractivity contribution in [2.75, 3.05) is 30.4 Å². The first kappa shape index (κ1) is 21.1. The minimum atomic E-state index is -0.371. The van der Waals surface area contributed by atoms with Gasteiger partial charge in [0.25, 0.3) is 0 Å². The standard InChI is InChI=1S/C23H29N3O2S/c1-16-11-13-26(14-12-16)21-9-7-18(8-10-21)17(2)24-23(29)25-20-6-4-5-19(15-20)22(27)28-3/h4-10,15-17H,11-14H2,1-3H3,(H2,24,25,29)/t17-/m0/s1. The molecule has 0 saturated carbocycles. The lowest BCUT2D eigenvalue weighted by atomic mass is 9.98. The lowest BCUT2D eigenvalue weighted by Crippen LogP contribution is -2.33. The summed E-state index contributed by atoms with van der Waals surface area (Å²) in [4.78, 5) is 14.1. The predicted molar refractivity (Wildman–Crippen MR) is 123 cm³/mol. The SMILES string of the molecule is COC(=O)c1cccc(NC(=S)N[C@@H](C)c2ccc(N3CCC(C)CC3)cc2)c1. The first-order valence-corrected chi connectivity index (χ1v) is 10.5. The highest BCUT2D eigenvalue weighted by atomic mass is 32.1. The van der Waals surface area contributed by atoms with Crippen LogP contribution in [0.1, 0.15) is 48.7 Å². The maximum atomic E-state index is 11.7. The van der Waals surface area contributed by atoms with Gasteiger partial charge in [-0.05, 0) is 73.8 Å². The van der Waals surface area contributed by atoms with Crippen LogP contribution in [0.5, 0.6) is 0 Å². The summed E-state index contributed by atoms with van der Waals surface area (Å²) in [6.45, 7) is 6.67. The molecule has 29 heavy (non-hydrogen) atoms. The topological polar surface area (TPSA) is 53.6 Å². The number of nitrogens with one attached hydrogen (secondary N) is 2. The van der Waals surface area contributed by atoms with Gasteiger partial charge in [-0.15, -0.1) is 0 Å². The van der Waals surface area contributed by atoms with E-state index in [0.717, 1.165) is 24.7 Å². The number of anilines is 2. The molecule has 1 atom stereocenters. The Morgan fingerprint density at radius 1 is 1.17 bits per heavy atom. The molecule has 1 aliphatic rings. The number of rotatable bonds is 5. The first-order chi connectivity index (χ1) is 14.0. The molecular formula is C23H29N3O2S. The van der Waals surface area contributed by atoms with Gasteiger partial charge in [0, 0.05) is 24.5 Å². The van der Waals surface area contributed by atoms with Crippen LogP contribution in [0.15, 0.2) is 48.5 Å². The molecular weight excluding hydrogens is 382 g/mol. The Morgan fingerprint density at radius 2 is 1.86 bits per heavy atom. The van der Waals surface area contributed by atoms with Gasteiger partial charge in [0.05, 0.1) is 18.7 Å². The average molecular weight is 412 g/mol. The summed E-state index contributed by atoms with van der Waals surface area (Å²) < 4.78 is 4.76. The average Bonchev–Trinajstić information content (AvgIpc) is 2.74. The Labute approximate surface area is 178 Å². The summed E-state index contributed by atoms with van der Waals surface area (Å²) in [5.41, 5.74) is 3.68. The smallest absolute Gasteiger partial charge is 0.337 e. The number of esters is 1. The molecule has 2 aromatic rings. The van der Waals surface area contributed by atoms with Crippen molar-refractivity contribution in [1.29, 1.82) is 0 Å². The third kappa shape index (κ3) is 5.70. The second-order valence-corrected chi connectivity index (χ2v) is 8.06. The first-order valence-electron chi connectivity index (χ1n) is 10.1. The Bertz CT molecular complexity index is 845. The van der Waals surface area contributed by atoms with Crippen molar-refractivity contribution >= 4 is 34.7 Å². The molecule has 1 saturated heterocycles. The number of carbonyl (C=O) groups excluding carboxylic acids is 1. The fraction of sp³-hybridized carbons (Fsp3) is 0.391. The number of benzene rings is 2. The zero-order chi connectivity index (χ0) is 20.8. The van der Waals surface area contributed by atoms with Crippen LogP contribution in [0.4, 0.5) is 11.4 Å². The lowest BCUT2D eigenvalue weighted by Gasteiger charge is -2.32. The minimum absolute atomic E-state index is 0.0641. The zero-order valence-electron chi connectivity index (χ0n) is 17.3. The molecule has 0 bridgehead atoms. The molecule has 0 aliphatic carbocycles. The van der Waals surface area contributed by atoms with Crippen LogP contribution in [0.3, 0.4) is 0 Å². The second kappa shape index (κ2) is 9.74. The van der Waals surface area contributed by atoms with E-state index in [-0.39, 0.29) is 12.0 Å². The number of ether oxygens (including phenoxy) is 1. The van der Waals surface area contributed by atoms with E-state index >= 15 is 0 Å². The summed E-state index contributed by atoms with van der Waals surface area (Å²) in [6.07, 6.45) is 2.52. The fourth-order valence-electron chi connectivity index (χ4n) is 3.53. The van der Waals surface area contributed by atoms with E-state index in [1.165, 1.54) is 31.2 Å². The number of thiocarbonyl (C=S) groups is 1. The van der Waals surface area contributed by atoms with Crippen LogP contribution in [0.25, 0.3) is 0 Å². The molecule has 1 heterocycles. The van der Waals surface area contributed by atoms with Gasteiger partial charge in [-0.25, -0.2) is 4.79 Å². The zero-order valence-corrected chi connectivity index (χ0v) is 18.1. The molecule has 2 aromatic carbocycles. The molecule has 0 spiro atoms. The number of hydrogen-bond donors (Lipinski definition) is 2. The van der Waals surface area contributed by atoms with E-state index in [0.29, 0.717) is 10.7 Å². The van der Waals surface area contributed by atoms with Crippen LogP contribution in [-0.2, 0) is 4.74 Å². The second-order valence-electron chi connectivity index (χ2n) is 7.65. The molecule has 3 rings (SSSR count). The van der Waals surface area contributed by atoms with Gasteiger partial charge in [-0.3, -0.25) is 0 Å². The summed E-state index contributed by atoms with van der Waals surface area (Å²) in [7, 11) is 1.37. The van der Waals surface area contributed by atoms with Gasteiger partial charge in [-0.1, -0.05) is 25.1 Å². The van der Waals surface area contributed by atoms with Crippen molar-refractivity contribution in [2.24, 2.45) is 5.92 Å². The Hall–Kier alpha value is -2.60. The van der Waals surface area contributed by atoms with Gasteiger partial charge in [0.1, 0.15) is 0 Å². The highest BCUT2D eigenvalue weighted by Crippen LogP contribution is 2.24. The van der Waals surface area contributed by atoms with E-state index in [9.17, 15) is 4.79 Å². The summed E-state index contributed by atoms with van der Waals surface area (Å²) in [5, 5.41) is 6.94. The minimum Gasteiger partial charge on any atom is -0.465 e. The van der Waals surface area contributed by atoms with Gasteiger partial charge < -0.3 is 20.3 Å². The molecule has 0 radical (unpaired) electrons. The van der Waals surface area contributed by atoms with Crippen molar-refractivity contribution in [3.05, 3.63) is 59.7 Å². The fourth-order valence-corrected chi connectivity index (χ4v) is 3.82. The highest BCUT2D eigenvalue weighted by Gasteiger charge is 2.16. The summed E-state index contributed by atoms with van der Waals surface area (Å²) in [5.74, 6) is 0.459. The number of hydrogen-bond acceptors (Lipinski definition) is 4. The van der Waals surface area contributed by atoms with Crippen molar-refractivity contribution in [3.8, 4) is 0 Å². The van der Waals surface area contributed by atoms with Crippen LogP contribution in [-0.4, -0.2) is 31.3 Å². The summed E-state index contributed by atoms with van der Waals surface area (Å²) >= 11 is 5.44. The van der Waals surface area contributed by atoms with Crippen molar-refractivity contribution in [2.45, 2.75) is 32.7 Å². The van der Waals surface area contributed by atoms with E-state index in [4.69, 9.17) is 17.0 Å². The van der Waals surface area contributed by atoms with Gasteiger partial charge in [0.15, 0.2) is 5.11 Å². The molecule has 0 unspecified atom stereocenters. The molecule has 6 heteroatoms. The maximum absolute atomic E-state index is 11.7. The quantitative estimate of drug-likeness (QED) is 0.547. The van der Waals surface area contributed by atoms with Crippen LogP contribution in [0, 0.1) is 5.92 Å². The third-order valence-electron chi connectivity index (χ3n) is 5.43. The molecule has 0 aromatic heterocycles. The predicted octanol–water partition coefficient (Wildman–Crippen LogP) is 4.76. The van der Waals surface area contributed by atoms with E-state index in [1.54, 1.807) is 18.2 Å². The molecule has 154 valence electrons. The number of nitrogens with zero attached hydrogens (tertiary/aromatic N) is 1. The van der Waals surface area contributed by atoms with Gasteiger partial charge in [-0.2, -0.15) is 0 Å². The number of methoxy groups -OCH3 is 1. The van der Waals surface area contributed by atoms with Crippen molar-refractivity contribution in [3.63, 3.8) is 0 Å². The van der Waals surface area contributed by atoms with E-state index < -0.39 is 0 Å². The molecule has 5 nitrogen and oxygen atoms in total. The van der Waals surface area contributed by atoms with E-state index in [1.807, 2.05) is 6.07 Å². The Balaban J connectivity index is 1.56. The Morgan fingerprint density at radius 3 is 2.52 bits per heavy atom. The summed E-state index contributed by atoms with van der Waals surface area (Å²) in [6, 6.07) is 15.9. The molecule has 0 amide bonds. The van der Waals surface area contributed by atoms with Crippen LogP contribution in [0.2, 0.25) is 0 Å². The van der Waals surface area contributed by atoms with Crippen LogP contribution >= 0.6 is 12.2 Å². The van der Waals surface area contributed by atoms with Gasteiger partial charge in [0.2, 0.25) is 0 Å². The molecule has 1 aliphatic heterocycles. The molecule has 1 fully saturated rings. The lowest BCUT2D eigenvalue weighted by molar-refractivity contribution is 0.0601. The normalized spacial score (nSPS) is 15.5. The highest BCUT2D eigenvalue weighted by molar-refractivity contribution is 7.80. The van der Waals surface area contributed by atoms with Crippen molar-refractivity contribution < 1.29 is 9.53 Å². The largest absolute Gasteiger partial charge is 0.465 e. The van der Waals surface area contributed by atoms with Gasteiger partial charge >= 0.3 is 5.97 Å². The molecule has 2 N–H and O–H groups in total. The van der Waals surface area contributed by atoms with Crippen LogP contribution < -0.4 is 15.5 Å². The van der Waals surface area contributed by atoms with Crippen molar-refractivity contribution in [1.82, 2.24) is 5.32 Å². The monoisotopic (exact) mass is 411 g/mol.